The second kappa shape index (κ2) is 7.84. The van der Waals surface area contributed by atoms with Crippen LogP contribution in [-0.4, -0.2) is 41.7 Å². The van der Waals surface area contributed by atoms with Crippen molar-refractivity contribution in [2.24, 2.45) is 0 Å². The minimum atomic E-state index is -0.160. The number of fused-ring (bicyclic) bond motifs is 1. The lowest BCUT2D eigenvalue weighted by Crippen LogP contribution is -2.39. The second-order valence-electron chi connectivity index (χ2n) is 7.88. The van der Waals surface area contributed by atoms with E-state index in [4.69, 9.17) is 21.1 Å². The largest absolute Gasteiger partial charge is 0.486 e. The van der Waals surface area contributed by atoms with Gasteiger partial charge in [-0.15, -0.1) is 0 Å². The van der Waals surface area contributed by atoms with Gasteiger partial charge in [-0.3, -0.25) is 9.59 Å². The molecule has 1 aromatic carbocycles. The summed E-state index contributed by atoms with van der Waals surface area (Å²) >= 11 is 6.64. The summed E-state index contributed by atoms with van der Waals surface area (Å²) in [6.45, 7) is 7.73. The van der Waals surface area contributed by atoms with Gasteiger partial charge in [0.05, 0.1) is 30.3 Å². The predicted molar refractivity (Wildman–Crippen MR) is 111 cm³/mol. The molecule has 0 unspecified atom stereocenters. The van der Waals surface area contributed by atoms with Crippen LogP contribution in [0.1, 0.15) is 44.7 Å². The van der Waals surface area contributed by atoms with Gasteiger partial charge in [0.15, 0.2) is 0 Å². The minimum Gasteiger partial charge on any atom is -0.486 e. The molecule has 6 nitrogen and oxygen atoms in total. The van der Waals surface area contributed by atoms with Gasteiger partial charge in [0, 0.05) is 24.2 Å². The van der Waals surface area contributed by atoms with Crippen LogP contribution in [0.3, 0.4) is 0 Å². The Morgan fingerprint density at radius 3 is 2.72 bits per heavy atom. The predicted octanol–water partition coefficient (Wildman–Crippen LogP) is 3.32. The maximum absolute atomic E-state index is 13.3. The average Bonchev–Trinajstić information content (AvgIpc) is 3.16. The van der Waals surface area contributed by atoms with Gasteiger partial charge in [-0.2, -0.15) is 0 Å². The van der Waals surface area contributed by atoms with E-state index in [1.165, 1.54) is 0 Å². The Hall–Kier alpha value is -2.31. The number of benzene rings is 1. The smallest absolute Gasteiger partial charge is 0.256 e. The Kier molecular flexibility index (Phi) is 5.40. The van der Waals surface area contributed by atoms with Gasteiger partial charge in [-0.25, -0.2) is 0 Å². The fourth-order valence-corrected chi connectivity index (χ4v) is 4.44. The van der Waals surface area contributed by atoms with Gasteiger partial charge < -0.3 is 19.4 Å². The summed E-state index contributed by atoms with van der Waals surface area (Å²) in [5.74, 6) is 0.366. The number of amides is 1. The Morgan fingerprint density at radius 2 is 2.03 bits per heavy atom. The zero-order chi connectivity index (χ0) is 20.7. The summed E-state index contributed by atoms with van der Waals surface area (Å²) in [7, 11) is 0. The summed E-state index contributed by atoms with van der Waals surface area (Å²) in [6.07, 6.45) is 1.46. The first-order chi connectivity index (χ1) is 13.8. The van der Waals surface area contributed by atoms with Crippen LogP contribution < -0.4 is 10.3 Å². The van der Waals surface area contributed by atoms with E-state index < -0.39 is 0 Å². The van der Waals surface area contributed by atoms with E-state index >= 15 is 0 Å². The van der Waals surface area contributed by atoms with Crippen LogP contribution in [0.2, 0.25) is 5.02 Å². The molecule has 0 bridgehead atoms. The van der Waals surface area contributed by atoms with Gasteiger partial charge >= 0.3 is 0 Å². The zero-order valence-corrected chi connectivity index (χ0v) is 17.7. The van der Waals surface area contributed by atoms with Crippen LogP contribution in [0, 0.1) is 20.8 Å². The quantitative estimate of drug-likeness (QED) is 0.829. The van der Waals surface area contributed by atoms with Gasteiger partial charge in [0.2, 0.25) is 0 Å². The van der Waals surface area contributed by atoms with E-state index in [2.05, 4.69) is 4.98 Å². The van der Waals surface area contributed by atoms with Crippen molar-refractivity contribution >= 4 is 17.5 Å². The highest BCUT2D eigenvalue weighted by Crippen LogP contribution is 2.37. The van der Waals surface area contributed by atoms with Crippen LogP contribution in [-0.2, 0) is 17.7 Å². The number of aromatic amines is 1. The first kappa shape index (κ1) is 20.0. The first-order valence-corrected chi connectivity index (χ1v) is 10.3. The lowest BCUT2D eigenvalue weighted by atomic mass is 9.93. The van der Waals surface area contributed by atoms with Crippen molar-refractivity contribution in [3.8, 4) is 5.75 Å². The number of halogens is 1. The number of rotatable bonds is 4. The van der Waals surface area contributed by atoms with Crippen molar-refractivity contribution in [1.29, 1.82) is 0 Å². The number of carbonyl (C=O) groups excluding carboxylic acids is 1. The Labute approximate surface area is 174 Å². The van der Waals surface area contributed by atoms with Crippen LogP contribution in [0.4, 0.5) is 0 Å². The monoisotopic (exact) mass is 416 g/mol. The molecule has 2 aliphatic heterocycles. The number of hydrogen-bond donors (Lipinski definition) is 1. The molecule has 3 heterocycles. The maximum atomic E-state index is 13.3. The Morgan fingerprint density at radius 1 is 1.24 bits per heavy atom. The highest BCUT2D eigenvalue weighted by atomic mass is 35.5. The number of pyridine rings is 1. The van der Waals surface area contributed by atoms with E-state index in [0.717, 1.165) is 28.8 Å². The molecule has 1 aromatic heterocycles. The highest BCUT2D eigenvalue weighted by molar-refractivity contribution is 6.35. The zero-order valence-electron chi connectivity index (χ0n) is 16.9. The number of aryl methyl sites for hydroxylation is 3. The van der Waals surface area contributed by atoms with Gasteiger partial charge in [-0.1, -0.05) is 11.6 Å². The van der Waals surface area contributed by atoms with Gasteiger partial charge in [0.25, 0.3) is 11.5 Å². The number of nitrogens with zero attached hydrogens (tertiary/aromatic N) is 1. The van der Waals surface area contributed by atoms with Crippen molar-refractivity contribution in [3.05, 3.63) is 61.0 Å². The number of ether oxygens (including phenoxy) is 2. The van der Waals surface area contributed by atoms with E-state index in [1.807, 2.05) is 32.9 Å². The fourth-order valence-electron chi connectivity index (χ4n) is 4.14. The molecule has 1 N–H and O–H groups in total. The van der Waals surface area contributed by atoms with Crippen molar-refractivity contribution in [2.45, 2.75) is 46.3 Å². The van der Waals surface area contributed by atoms with E-state index in [0.29, 0.717) is 48.1 Å². The number of H-pyrrole nitrogens is 1. The number of carbonyl (C=O) groups is 1. The average molecular weight is 417 g/mol. The van der Waals surface area contributed by atoms with E-state index in [1.54, 1.807) is 4.90 Å². The second-order valence-corrected chi connectivity index (χ2v) is 8.26. The van der Waals surface area contributed by atoms with Gasteiger partial charge in [-0.05, 0) is 56.0 Å². The maximum Gasteiger partial charge on any atom is 0.256 e. The summed E-state index contributed by atoms with van der Waals surface area (Å²) < 4.78 is 11.4. The van der Waals surface area contributed by atoms with Crippen molar-refractivity contribution in [2.75, 3.05) is 19.8 Å². The minimum absolute atomic E-state index is 0.0477. The molecule has 2 aromatic rings. The van der Waals surface area contributed by atoms with E-state index in [9.17, 15) is 9.59 Å². The van der Waals surface area contributed by atoms with Crippen molar-refractivity contribution in [3.63, 3.8) is 0 Å². The molecule has 0 radical (unpaired) electrons. The lowest BCUT2D eigenvalue weighted by Gasteiger charge is -2.31. The standard InChI is InChI=1S/C22H25ClN2O4/c1-12-8-14(3)24-21(26)17(12)10-25-6-4-16-13(2)9-18(20(23)19(16)22(25)27)29-15-5-7-28-11-15/h8-9,15H,4-7,10-11H2,1-3H3,(H,24,26)/t15-/m1/s1. The SMILES string of the molecule is Cc1cc(C)c(CN2CCc3c(C)cc(O[C@@H]4CCOC4)c(Cl)c3C2=O)c(=O)[nH]1. The Balaban J connectivity index is 1.66. The third-order valence-electron chi connectivity index (χ3n) is 5.72. The lowest BCUT2D eigenvalue weighted by molar-refractivity contribution is 0.0724. The number of nitrogens with one attached hydrogen (secondary N) is 1. The molecule has 7 heteroatoms. The first-order valence-electron chi connectivity index (χ1n) is 9.90. The van der Waals surface area contributed by atoms with Crippen LogP contribution in [0.25, 0.3) is 0 Å². The molecule has 1 fully saturated rings. The van der Waals surface area contributed by atoms with Gasteiger partial charge in [0.1, 0.15) is 11.9 Å². The molecule has 0 saturated carbocycles. The highest BCUT2D eigenvalue weighted by Gasteiger charge is 2.31. The Bertz CT molecular complexity index is 1020. The topological polar surface area (TPSA) is 71.6 Å². The molecule has 2 aliphatic rings. The molecule has 4 rings (SSSR count). The van der Waals surface area contributed by atoms with E-state index in [-0.39, 0.29) is 24.1 Å². The third-order valence-corrected chi connectivity index (χ3v) is 6.09. The van der Waals surface area contributed by atoms with Crippen molar-refractivity contribution < 1.29 is 14.3 Å². The summed E-state index contributed by atoms with van der Waals surface area (Å²) in [6, 6.07) is 3.84. The normalized spacial score (nSPS) is 18.8. The van der Waals surface area contributed by atoms with Crippen LogP contribution in [0.5, 0.6) is 5.75 Å². The molecular weight excluding hydrogens is 392 g/mol. The number of hydrogen-bond acceptors (Lipinski definition) is 4. The molecule has 154 valence electrons. The molecule has 0 spiro atoms. The summed E-state index contributed by atoms with van der Waals surface area (Å²) in [5.41, 5.74) is 4.59. The summed E-state index contributed by atoms with van der Waals surface area (Å²) in [4.78, 5) is 30.2. The molecular formula is C22H25ClN2O4. The van der Waals surface area contributed by atoms with Crippen LogP contribution in [0.15, 0.2) is 16.9 Å². The molecule has 29 heavy (non-hydrogen) atoms. The summed E-state index contributed by atoms with van der Waals surface area (Å²) in [5, 5.41) is 0.349. The number of aromatic nitrogens is 1. The third kappa shape index (κ3) is 3.79. The van der Waals surface area contributed by atoms with Crippen LogP contribution >= 0.6 is 11.6 Å². The van der Waals surface area contributed by atoms with Crippen molar-refractivity contribution in [1.82, 2.24) is 9.88 Å². The molecule has 1 atom stereocenters. The fraction of sp³-hybridized carbons (Fsp3) is 0.455. The molecule has 0 aliphatic carbocycles. The molecule has 1 amide bonds. The molecule has 1 saturated heterocycles.